The molecule has 2 N–H and O–H groups in total. The van der Waals surface area contributed by atoms with Crippen LogP contribution in [0.15, 0.2) is 66.9 Å². The van der Waals surface area contributed by atoms with Crippen LogP contribution < -0.4 is 19.7 Å². The Morgan fingerprint density at radius 2 is 1.90 bits per heavy atom. The number of carboxylic acid groups (broad SMARTS) is 1. The zero-order valence-electron chi connectivity index (χ0n) is 22.9. The van der Waals surface area contributed by atoms with E-state index >= 15 is 0 Å². The summed E-state index contributed by atoms with van der Waals surface area (Å²) in [5.41, 5.74) is 0.576. The number of hydrogen-bond donors (Lipinski definition) is 2. The van der Waals surface area contributed by atoms with E-state index in [1.54, 1.807) is 24.3 Å². The Bertz CT molecular complexity index is 1530. The van der Waals surface area contributed by atoms with Crippen LogP contribution >= 0.6 is 0 Å². The van der Waals surface area contributed by atoms with Crippen LogP contribution in [0.3, 0.4) is 0 Å². The van der Waals surface area contributed by atoms with Crippen LogP contribution in [0, 0.1) is 11.8 Å². The van der Waals surface area contributed by atoms with Gasteiger partial charge in [0.05, 0.1) is 24.6 Å². The number of aromatic nitrogens is 1. The van der Waals surface area contributed by atoms with Crippen molar-refractivity contribution in [2.45, 2.75) is 24.5 Å². The maximum Gasteiger partial charge on any atom is 0.308 e. The molecular formula is C31H29N3O8. The summed E-state index contributed by atoms with van der Waals surface area (Å²) in [7, 11) is 1.89. The molecule has 11 nitrogen and oxygen atoms in total. The number of hydrogen-bond acceptors (Lipinski definition) is 9. The molecule has 216 valence electrons. The van der Waals surface area contributed by atoms with Gasteiger partial charge in [0, 0.05) is 31.4 Å². The van der Waals surface area contributed by atoms with Gasteiger partial charge in [0.25, 0.3) is 5.91 Å². The second-order valence-electron chi connectivity index (χ2n) is 9.94. The Hall–Kier alpha value is -5.08. The largest absolute Gasteiger partial charge is 0.489 e. The number of likely N-dealkylation sites (N-methyl/N-ethyl adjacent to an activating group) is 1. The first-order valence-corrected chi connectivity index (χ1v) is 13.3. The molecule has 1 saturated heterocycles. The molecule has 2 aromatic carbocycles. The van der Waals surface area contributed by atoms with Gasteiger partial charge in [-0.3, -0.25) is 19.4 Å². The Morgan fingerprint density at radius 1 is 1.10 bits per heavy atom. The van der Waals surface area contributed by atoms with Crippen molar-refractivity contribution >= 4 is 23.5 Å². The summed E-state index contributed by atoms with van der Waals surface area (Å²) >= 11 is 0. The van der Waals surface area contributed by atoms with Gasteiger partial charge in [-0.25, -0.2) is 0 Å². The zero-order chi connectivity index (χ0) is 29.5. The lowest BCUT2D eigenvalue weighted by Crippen LogP contribution is -2.52. The number of amides is 1. The topological polar surface area (TPSA) is 137 Å². The summed E-state index contributed by atoms with van der Waals surface area (Å²) in [6.45, 7) is 0.949. The maximum absolute atomic E-state index is 13.0. The van der Waals surface area contributed by atoms with E-state index in [1.165, 1.54) is 6.20 Å². The molecule has 3 aromatic rings. The number of nitrogens with zero attached hydrogens (tertiary/aromatic N) is 2. The average molecular weight is 572 g/mol. The lowest BCUT2D eigenvalue weighted by atomic mass is 10.0. The first-order valence-electron chi connectivity index (χ1n) is 13.3. The monoisotopic (exact) mass is 571 g/mol. The lowest BCUT2D eigenvalue weighted by molar-refractivity contribution is -0.192. The quantitative estimate of drug-likeness (QED) is 0.307. The van der Waals surface area contributed by atoms with E-state index in [0.29, 0.717) is 29.4 Å². The fourth-order valence-electron chi connectivity index (χ4n) is 4.37. The van der Waals surface area contributed by atoms with Crippen molar-refractivity contribution < 1.29 is 38.4 Å². The van der Waals surface area contributed by atoms with Gasteiger partial charge in [0.1, 0.15) is 42.8 Å². The Labute approximate surface area is 242 Å². The van der Waals surface area contributed by atoms with Crippen molar-refractivity contribution in [1.29, 1.82) is 0 Å². The van der Waals surface area contributed by atoms with Crippen LogP contribution in [-0.4, -0.2) is 73.0 Å². The number of anilines is 1. The summed E-state index contributed by atoms with van der Waals surface area (Å²) < 4.78 is 22.5. The summed E-state index contributed by atoms with van der Waals surface area (Å²) in [6.07, 6.45) is 0.978. The van der Waals surface area contributed by atoms with Crippen molar-refractivity contribution in [2.75, 3.05) is 38.3 Å². The molecule has 1 unspecified atom stereocenters. The smallest absolute Gasteiger partial charge is 0.308 e. The van der Waals surface area contributed by atoms with Crippen LogP contribution in [0.5, 0.6) is 17.2 Å². The fourth-order valence-corrected chi connectivity index (χ4v) is 4.37. The summed E-state index contributed by atoms with van der Waals surface area (Å²) in [5.74, 6) is 5.76. The molecule has 0 saturated carbocycles. The lowest BCUT2D eigenvalue weighted by Gasteiger charge is -2.35. The minimum atomic E-state index is -1.10. The number of carboxylic acids is 1. The van der Waals surface area contributed by atoms with Crippen molar-refractivity contribution in [3.63, 3.8) is 0 Å². The van der Waals surface area contributed by atoms with Gasteiger partial charge < -0.3 is 34.3 Å². The highest BCUT2D eigenvalue weighted by atomic mass is 16.6. The van der Waals surface area contributed by atoms with Crippen LogP contribution in [0.1, 0.15) is 28.9 Å². The molecule has 3 heterocycles. The highest BCUT2D eigenvalue weighted by molar-refractivity contribution is 5.93. The molecule has 5 rings (SSSR count). The second kappa shape index (κ2) is 12.6. The number of para-hydroxylation sites is 1. The normalized spacial score (nSPS) is 16.7. The van der Waals surface area contributed by atoms with E-state index < -0.39 is 17.5 Å². The molecule has 2 aliphatic rings. The Balaban J connectivity index is 1.22. The summed E-state index contributed by atoms with van der Waals surface area (Å²) in [4.78, 5) is 42.0. The number of ether oxygens (including phenoxy) is 4. The molecule has 1 aromatic heterocycles. The van der Waals surface area contributed by atoms with Gasteiger partial charge in [-0.15, -0.1) is 0 Å². The number of fused-ring (bicyclic) bond motifs is 1. The molecule has 1 amide bonds. The minimum Gasteiger partial charge on any atom is -0.489 e. The molecule has 1 fully saturated rings. The highest BCUT2D eigenvalue weighted by Gasteiger charge is 2.41. The number of aliphatic carboxylic acids is 1. The molecule has 0 spiro atoms. The first-order chi connectivity index (χ1) is 20.3. The van der Waals surface area contributed by atoms with Crippen molar-refractivity contribution in [1.82, 2.24) is 10.3 Å². The fraction of sp³-hybridized carbons (Fsp3) is 0.290. The molecule has 0 aliphatic carbocycles. The predicted molar refractivity (Wildman–Crippen MR) is 151 cm³/mol. The molecule has 0 bridgehead atoms. The molecular weight excluding hydrogens is 542 g/mol. The van der Waals surface area contributed by atoms with Crippen LogP contribution in [0.2, 0.25) is 0 Å². The van der Waals surface area contributed by atoms with Crippen molar-refractivity contribution in [2.24, 2.45) is 0 Å². The third kappa shape index (κ3) is 7.16. The number of rotatable bonds is 8. The second-order valence-corrected chi connectivity index (χ2v) is 9.94. The number of pyridine rings is 1. The minimum absolute atomic E-state index is 0.115. The number of carbonyl (C=O) groups excluding carboxylic acids is 2. The van der Waals surface area contributed by atoms with Gasteiger partial charge in [-0.1, -0.05) is 24.1 Å². The Kier molecular flexibility index (Phi) is 8.55. The standard InChI is InChI=1S/C31H29N3O8/c1-34-17-22(33-30(38)25-16-24(12-14-32-25)41-23-5-3-2-4-6-23)18-40-27-8-7-21(15-26(27)34)11-13-31(19-39-20-31)42-29(37)10-9-28(35)36/h2-8,12,14-16,22H,9-10,17-20H2,1H3,(H,33,38)(H,35,36). The van der Waals surface area contributed by atoms with E-state index in [4.69, 9.17) is 24.1 Å². The van der Waals surface area contributed by atoms with Gasteiger partial charge >= 0.3 is 11.9 Å². The molecule has 2 aliphatic heterocycles. The van der Waals surface area contributed by atoms with E-state index in [-0.39, 0.29) is 50.3 Å². The van der Waals surface area contributed by atoms with E-state index in [9.17, 15) is 14.4 Å². The van der Waals surface area contributed by atoms with E-state index in [0.717, 1.165) is 5.69 Å². The molecule has 11 heteroatoms. The number of nitrogens with one attached hydrogen (secondary N) is 1. The van der Waals surface area contributed by atoms with Gasteiger partial charge in [-0.2, -0.15) is 0 Å². The van der Waals surface area contributed by atoms with Crippen LogP contribution in [0.25, 0.3) is 0 Å². The highest BCUT2D eigenvalue weighted by Crippen LogP contribution is 2.31. The predicted octanol–water partition coefficient (Wildman–Crippen LogP) is 3.03. The number of esters is 1. The van der Waals surface area contributed by atoms with Gasteiger partial charge in [0.2, 0.25) is 5.60 Å². The van der Waals surface area contributed by atoms with Crippen molar-refractivity contribution in [3.05, 3.63) is 78.1 Å². The average Bonchev–Trinajstić information content (AvgIpc) is 3.11. The third-order valence-electron chi connectivity index (χ3n) is 6.54. The molecule has 0 radical (unpaired) electrons. The zero-order valence-corrected chi connectivity index (χ0v) is 22.9. The molecule has 42 heavy (non-hydrogen) atoms. The third-order valence-corrected chi connectivity index (χ3v) is 6.54. The van der Waals surface area contributed by atoms with E-state index in [1.807, 2.05) is 48.3 Å². The van der Waals surface area contributed by atoms with E-state index in [2.05, 4.69) is 22.1 Å². The SMILES string of the molecule is CN1CC(NC(=O)c2cc(Oc3ccccc3)ccn2)COc2ccc(C#CC3(OC(=O)CCC(=O)O)COC3)cc21. The summed E-state index contributed by atoms with van der Waals surface area (Å²) in [5, 5.41) is 11.8. The van der Waals surface area contributed by atoms with Crippen molar-refractivity contribution in [3.8, 4) is 29.1 Å². The molecule has 1 atom stereocenters. The number of carbonyl (C=O) groups is 3. The summed E-state index contributed by atoms with van der Waals surface area (Å²) in [6, 6.07) is 17.7. The maximum atomic E-state index is 13.0. The van der Waals surface area contributed by atoms with Crippen LogP contribution in [0.4, 0.5) is 5.69 Å². The first kappa shape index (κ1) is 28.4. The number of benzene rings is 2. The van der Waals surface area contributed by atoms with Crippen LogP contribution in [-0.2, 0) is 19.1 Å². The van der Waals surface area contributed by atoms with Gasteiger partial charge in [0.15, 0.2) is 0 Å². The van der Waals surface area contributed by atoms with Gasteiger partial charge in [-0.05, 0) is 42.3 Å². The Morgan fingerprint density at radius 3 is 2.64 bits per heavy atom.